The summed E-state index contributed by atoms with van der Waals surface area (Å²) in [5.41, 5.74) is -5.45. The van der Waals surface area contributed by atoms with Crippen LogP contribution in [0.5, 0.6) is 5.75 Å². The van der Waals surface area contributed by atoms with Gasteiger partial charge >= 0.3 is 21.7 Å². The third-order valence-electron chi connectivity index (χ3n) is 4.43. The van der Waals surface area contributed by atoms with E-state index in [-0.39, 0.29) is 24.5 Å². The van der Waals surface area contributed by atoms with Crippen molar-refractivity contribution < 1.29 is 40.4 Å². The highest BCUT2D eigenvalue weighted by atomic mass is 35.5. The SMILES string of the molecule is CC(C)(C)OC(=O)N(CCc1ccc(OS(=O)(=O)C(F)(F)F)c(Cl)c1)C[C@@H](O)c1cccc(Cl)c1. The highest BCUT2D eigenvalue weighted by Crippen LogP contribution is 2.32. The van der Waals surface area contributed by atoms with Gasteiger partial charge in [0.25, 0.3) is 0 Å². The Kier molecular flexibility index (Phi) is 9.32. The van der Waals surface area contributed by atoms with E-state index in [9.17, 15) is 31.5 Å². The highest BCUT2D eigenvalue weighted by Gasteiger charge is 2.48. The molecule has 0 fully saturated rings. The molecule has 1 atom stereocenters. The Morgan fingerprint density at radius 2 is 1.77 bits per heavy atom. The Bertz CT molecular complexity index is 1150. The zero-order valence-electron chi connectivity index (χ0n) is 19.0. The molecule has 35 heavy (non-hydrogen) atoms. The first kappa shape index (κ1) is 29.0. The van der Waals surface area contributed by atoms with Gasteiger partial charge in [0.1, 0.15) is 5.60 Å². The average molecular weight is 558 g/mol. The first-order valence-electron chi connectivity index (χ1n) is 10.2. The molecule has 0 heterocycles. The van der Waals surface area contributed by atoms with E-state index in [4.69, 9.17) is 27.9 Å². The van der Waals surface area contributed by atoms with Crippen LogP contribution in [0, 0.1) is 0 Å². The van der Waals surface area contributed by atoms with E-state index in [0.717, 1.165) is 6.07 Å². The zero-order chi connectivity index (χ0) is 26.6. The molecule has 2 rings (SSSR count). The van der Waals surface area contributed by atoms with Crippen LogP contribution >= 0.6 is 23.2 Å². The molecule has 2 aromatic carbocycles. The molecule has 1 N–H and O–H groups in total. The first-order valence-corrected chi connectivity index (χ1v) is 12.4. The van der Waals surface area contributed by atoms with E-state index in [1.807, 2.05) is 0 Å². The van der Waals surface area contributed by atoms with Crippen molar-refractivity contribution in [3.8, 4) is 5.75 Å². The molecule has 0 spiro atoms. The summed E-state index contributed by atoms with van der Waals surface area (Å²) < 4.78 is 69.5. The molecule has 0 aliphatic rings. The number of rotatable bonds is 8. The van der Waals surface area contributed by atoms with E-state index >= 15 is 0 Å². The Balaban J connectivity index is 2.17. The Morgan fingerprint density at radius 3 is 2.31 bits per heavy atom. The minimum Gasteiger partial charge on any atom is -0.444 e. The third kappa shape index (κ3) is 8.75. The predicted molar refractivity (Wildman–Crippen MR) is 125 cm³/mol. The number of carbonyl (C=O) groups excluding carboxylic acids is 1. The molecule has 0 aliphatic carbocycles. The number of hydrogen-bond donors (Lipinski definition) is 1. The molecule has 0 bridgehead atoms. The molecule has 0 saturated carbocycles. The van der Waals surface area contributed by atoms with Crippen LogP contribution in [-0.2, 0) is 21.3 Å². The normalized spacial score (nSPS) is 13.3. The quantitative estimate of drug-likeness (QED) is 0.329. The molecule has 0 unspecified atom stereocenters. The van der Waals surface area contributed by atoms with Crippen molar-refractivity contribution in [2.24, 2.45) is 0 Å². The number of alkyl halides is 3. The second-order valence-corrected chi connectivity index (χ2v) is 10.9. The minimum absolute atomic E-state index is 0.0456. The molecule has 0 aromatic heterocycles. The molecule has 2 aromatic rings. The number of aliphatic hydroxyl groups excluding tert-OH is 1. The topological polar surface area (TPSA) is 93.1 Å². The average Bonchev–Trinajstić information content (AvgIpc) is 2.70. The fourth-order valence-electron chi connectivity index (χ4n) is 2.81. The largest absolute Gasteiger partial charge is 0.534 e. The number of carbonyl (C=O) groups is 1. The summed E-state index contributed by atoms with van der Waals surface area (Å²) >= 11 is 11.9. The van der Waals surface area contributed by atoms with E-state index < -0.39 is 39.2 Å². The Morgan fingerprint density at radius 1 is 1.11 bits per heavy atom. The maximum atomic E-state index is 12.7. The van der Waals surface area contributed by atoms with Crippen LogP contribution in [0.4, 0.5) is 18.0 Å². The van der Waals surface area contributed by atoms with Crippen LogP contribution in [0.15, 0.2) is 42.5 Å². The van der Waals surface area contributed by atoms with E-state index in [1.165, 1.54) is 17.0 Å². The summed E-state index contributed by atoms with van der Waals surface area (Å²) in [6, 6.07) is 10.0. The van der Waals surface area contributed by atoms with Crippen LogP contribution in [0.2, 0.25) is 10.0 Å². The van der Waals surface area contributed by atoms with Gasteiger partial charge in [0.05, 0.1) is 17.7 Å². The number of hydrogen-bond acceptors (Lipinski definition) is 6. The molecule has 194 valence electrons. The molecular weight excluding hydrogens is 534 g/mol. The third-order valence-corrected chi connectivity index (χ3v) is 5.92. The second-order valence-electron chi connectivity index (χ2n) is 8.50. The van der Waals surface area contributed by atoms with E-state index in [2.05, 4.69) is 4.18 Å². The molecule has 7 nitrogen and oxygen atoms in total. The van der Waals surface area contributed by atoms with Gasteiger partial charge in [-0.15, -0.1) is 0 Å². The number of aliphatic hydroxyl groups is 1. The van der Waals surface area contributed by atoms with Crippen LogP contribution in [0.3, 0.4) is 0 Å². The van der Waals surface area contributed by atoms with Gasteiger partial charge in [-0.2, -0.15) is 21.6 Å². The summed E-state index contributed by atoms with van der Waals surface area (Å²) in [5, 5.41) is 10.7. The Labute approximate surface area is 211 Å². The molecule has 0 radical (unpaired) electrons. The Hall–Kier alpha value is -2.21. The summed E-state index contributed by atoms with van der Waals surface area (Å²) in [6.45, 7) is 4.97. The minimum atomic E-state index is -5.87. The fourth-order valence-corrected chi connectivity index (χ4v) is 3.77. The van der Waals surface area contributed by atoms with E-state index in [1.54, 1.807) is 45.0 Å². The lowest BCUT2D eigenvalue weighted by Crippen LogP contribution is -2.40. The summed E-state index contributed by atoms with van der Waals surface area (Å²) in [7, 11) is -5.87. The van der Waals surface area contributed by atoms with Gasteiger partial charge in [0, 0.05) is 11.6 Å². The van der Waals surface area contributed by atoms with Crippen LogP contribution in [0.25, 0.3) is 0 Å². The molecule has 13 heteroatoms. The fraction of sp³-hybridized carbons (Fsp3) is 0.409. The molecule has 0 saturated heterocycles. The van der Waals surface area contributed by atoms with Crippen LogP contribution in [-0.4, -0.2) is 48.7 Å². The van der Waals surface area contributed by atoms with Crippen molar-refractivity contribution in [3.63, 3.8) is 0 Å². The standard InChI is InChI=1S/C22H24Cl2F3NO6S/c1-21(2,3)33-20(30)28(13-18(29)15-5-4-6-16(23)12-15)10-9-14-7-8-19(17(24)11-14)34-35(31,32)22(25,26)27/h4-8,11-12,18,29H,9-10,13H2,1-3H3/t18-/m1/s1. The van der Waals surface area contributed by atoms with E-state index in [0.29, 0.717) is 16.1 Å². The maximum Gasteiger partial charge on any atom is 0.534 e. The number of amides is 1. The maximum absolute atomic E-state index is 12.7. The van der Waals surface area contributed by atoms with Gasteiger partial charge in [0.15, 0.2) is 5.75 Å². The van der Waals surface area contributed by atoms with Gasteiger partial charge in [0.2, 0.25) is 0 Å². The van der Waals surface area contributed by atoms with Crippen molar-refractivity contribution >= 4 is 39.4 Å². The second kappa shape index (κ2) is 11.2. The summed E-state index contributed by atoms with van der Waals surface area (Å²) in [4.78, 5) is 14.0. The van der Waals surface area contributed by atoms with Gasteiger partial charge in [-0.3, -0.25) is 0 Å². The predicted octanol–water partition coefficient (Wildman–Crippen LogP) is 5.74. The number of halogens is 5. The van der Waals surface area contributed by atoms with Crippen LogP contribution in [0.1, 0.15) is 38.0 Å². The van der Waals surface area contributed by atoms with Gasteiger partial charge < -0.3 is 18.9 Å². The first-order chi connectivity index (χ1) is 16.0. The van der Waals surface area contributed by atoms with Crippen molar-refractivity contribution in [1.82, 2.24) is 4.90 Å². The number of ether oxygens (including phenoxy) is 1. The number of nitrogens with zero attached hydrogens (tertiary/aromatic N) is 1. The number of benzene rings is 2. The van der Waals surface area contributed by atoms with Gasteiger partial charge in [-0.25, -0.2) is 4.79 Å². The molecular formula is C22H24Cl2F3NO6S. The molecule has 0 aliphatic heterocycles. The highest BCUT2D eigenvalue weighted by molar-refractivity contribution is 7.88. The van der Waals surface area contributed by atoms with Crippen molar-refractivity contribution in [2.45, 2.75) is 44.4 Å². The molecule has 1 amide bonds. The lowest BCUT2D eigenvalue weighted by Gasteiger charge is -2.29. The summed E-state index contributed by atoms with van der Waals surface area (Å²) in [5.74, 6) is -0.687. The van der Waals surface area contributed by atoms with Crippen molar-refractivity contribution in [3.05, 3.63) is 63.6 Å². The van der Waals surface area contributed by atoms with Gasteiger partial charge in [-0.05, 0) is 62.6 Å². The lowest BCUT2D eigenvalue weighted by atomic mass is 10.1. The monoisotopic (exact) mass is 557 g/mol. The van der Waals surface area contributed by atoms with Gasteiger partial charge in [-0.1, -0.05) is 41.4 Å². The van der Waals surface area contributed by atoms with Crippen molar-refractivity contribution in [2.75, 3.05) is 13.1 Å². The summed E-state index contributed by atoms with van der Waals surface area (Å²) in [6.07, 6.45) is -1.61. The zero-order valence-corrected chi connectivity index (χ0v) is 21.3. The lowest BCUT2D eigenvalue weighted by molar-refractivity contribution is -0.0500. The van der Waals surface area contributed by atoms with Crippen LogP contribution < -0.4 is 4.18 Å². The smallest absolute Gasteiger partial charge is 0.444 e. The van der Waals surface area contributed by atoms with Crippen molar-refractivity contribution in [1.29, 1.82) is 0 Å².